The fourth-order valence-corrected chi connectivity index (χ4v) is 7.27. The highest BCUT2D eigenvalue weighted by Gasteiger charge is 2.36. The number of benzene rings is 6. The Morgan fingerprint density at radius 2 is 1.17 bits per heavy atom. The van der Waals surface area contributed by atoms with Crippen LogP contribution < -0.4 is 0 Å². The summed E-state index contributed by atoms with van der Waals surface area (Å²) in [6, 6.07) is 46.8. The van der Waals surface area contributed by atoms with E-state index in [1.807, 2.05) is 0 Å². The molecule has 0 amide bonds. The standard InChI is InChI=1S/C39H28N2/c1-39(2)33-21-25(16-18-27(33)30-22-31-28-12-6-8-14-35(28)40-36(31)23-34(30)39)24-17-19-38-32(20-24)29-13-7-9-15-37(29)41(38)26-10-4-3-5-11-26/h3-23,40H,1-2H3. The molecule has 1 aliphatic carbocycles. The van der Waals surface area contributed by atoms with Crippen LogP contribution in [-0.2, 0) is 5.41 Å². The summed E-state index contributed by atoms with van der Waals surface area (Å²) >= 11 is 0. The Hall–Kier alpha value is -5.08. The monoisotopic (exact) mass is 524 g/mol. The molecule has 2 aromatic heterocycles. The van der Waals surface area contributed by atoms with Gasteiger partial charge in [0.05, 0.1) is 11.0 Å². The van der Waals surface area contributed by atoms with Crippen molar-refractivity contribution in [1.82, 2.24) is 9.55 Å². The minimum Gasteiger partial charge on any atom is -0.355 e. The molecule has 41 heavy (non-hydrogen) atoms. The summed E-state index contributed by atoms with van der Waals surface area (Å²) in [6.45, 7) is 4.74. The summed E-state index contributed by atoms with van der Waals surface area (Å²) in [4.78, 5) is 3.65. The summed E-state index contributed by atoms with van der Waals surface area (Å²) in [7, 11) is 0. The lowest BCUT2D eigenvalue weighted by Gasteiger charge is -2.22. The maximum atomic E-state index is 3.65. The second-order valence-corrected chi connectivity index (χ2v) is 11.9. The third-order valence-electron chi connectivity index (χ3n) is 9.32. The van der Waals surface area contributed by atoms with Crippen LogP contribution in [0.15, 0.2) is 127 Å². The molecule has 0 spiro atoms. The molecule has 1 aliphatic rings. The molecule has 194 valence electrons. The Balaban J connectivity index is 1.22. The molecule has 9 rings (SSSR count). The van der Waals surface area contributed by atoms with Gasteiger partial charge >= 0.3 is 0 Å². The van der Waals surface area contributed by atoms with Gasteiger partial charge in [0.2, 0.25) is 0 Å². The van der Waals surface area contributed by atoms with E-state index in [0.29, 0.717) is 0 Å². The third-order valence-corrected chi connectivity index (χ3v) is 9.32. The average Bonchev–Trinajstić information content (AvgIpc) is 3.62. The Morgan fingerprint density at radius 3 is 2.05 bits per heavy atom. The van der Waals surface area contributed by atoms with Gasteiger partial charge < -0.3 is 9.55 Å². The number of para-hydroxylation sites is 3. The van der Waals surface area contributed by atoms with Crippen molar-refractivity contribution in [2.24, 2.45) is 0 Å². The number of aromatic nitrogens is 2. The Kier molecular flexibility index (Phi) is 4.42. The van der Waals surface area contributed by atoms with Crippen molar-refractivity contribution < 1.29 is 0 Å². The molecule has 0 saturated carbocycles. The van der Waals surface area contributed by atoms with Crippen molar-refractivity contribution in [3.05, 3.63) is 139 Å². The van der Waals surface area contributed by atoms with Crippen LogP contribution in [0.4, 0.5) is 0 Å². The van der Waals surface area contributed by atoms with Gasteiger partial charge in [-0.2, -0.15) is 0 Å². The number of nitrogens with one attached hydrogen (secondary N) is 1. The van der Waals surface area contributed by atoms with Crippen molar-refractivity contribution in [2.45, 2.75) is 19.3 Å². The summed E-state index contributed by atoms with van der Waals surface area (Å²) in [6.07, 6.45) is 0. The first-order valence-electron chi connectivity index (χ1n) is 14.4. The van der Waals surface area contributed by atoms with E-state index < -0.39 is 0 Å². The van der Waals surface area contributed by atoms with Crippen LogP contribution in [0.2, 0.25) is 0 Å². The van der Waals surface area contributed by atoms with Gasteiger partial charge in [0.25, 0.3) is 0 Å². The number of aromatic amines is 1. The highest BCUT2D eigenvalue weighted by Crippen LogP contribution is 2.51. The van der Waals surface area contributed by atoms with Crippen LogP contribution in [0.1, 0.15) is 25.0 Å². The summed E-state index contributed by atoms with van der Waals surface area (Å²) in [5.41, 5.74) is 14.0. The molecule has 0 radical (unpaired) electrons. The molecule has 0 bridgehead atoms. The molecule has 0 aliphatic heterocycles. The molecule has 8 aromatic rings. The zero-order valence-corrected chi connectivity index (χ0v) is 23.1. The first-order valence-corrected chi connectivity index (χ1v) is 14.4. The van der Waals surface area contributed by atoms with E-state index in [2.05, 4.69) is 151 Å². The Morgan fingerprint density at radius 1 is 0.488 bits per heavy atom. The van der Waals surface area contributed by atoms with Gasteiger partial charge in [-0.1, -0.05) is 86.6 Å². The van der Waals surface area contributed by atoms with Crippen molar-refractivity contribution in [3.63, 3.8) is 0 Å². The summed E-state index contributed by atoms with van der Waals surface area (Å²) < 4.78 is 2.38. The lowest BCUT2D eigenvalue weighted by Crippen LogP contribution is -2.15. The minimum absolute atomic E-state index is 0.0837. The van der Waals surface area contributed by atoms with Crippen LogP contribution in [0.3, 0.4) is 0 Å². The smallest absolute Gasteiger partial charge is 0.0541 e. The molecular formula is C39H28N2. The Bertz CT molecular complexity index is 2330. The minimum atomic E-state index is -0.0837. The van der Waals surface area contributed by atoms with Crippen molar-refractivity contribution in [3.8, 4) is 27.9 Å². The van der Waals surface area contributed by atoms with Gasteiger partial charge in [0.1, 0.15) is 0 Å². The van der Waals surface area contributed by atoms with E-state index in [1.54, 1.807) is 0 Å². The van der Waals surface area contributed by atoms with E-state index >= 15 is 0 Å². The van der Waals surface area contributed by atoms with Gasteiger partial charge in [-0.15, -0.1) is 0 Å². The normalized spacial score (nSPS) is 13.8. The molecule has 1 N–H and O–H groups in total. The topological polar surface area (TPSA) is 20.7 Å². The fourth-order valence-electron chi connectivity index (χ4n) is 7.27. The molecule has 2 heterocycles. The van der Waals surface area contributed by atoms with Gasteiger partial charge in [-0.25, -0.2) is 0 Å². The molecule has 0 fully saturated rings. The number of hydrogen-bond donors (Lipinski definition) is 1. The van der Waals surface area contributed by atoms with Crippen molar-refractivity contribution in [1.29, 1.82) is 0 Å². The van der Waals surface area contributed by atoms with Crippen molar-refractivity contribution in [2.75, 3.05) is 0 Å². The number of hydrogen-bond acceptors (Lipinski definition) is 0. The zero-order chi connectivity index (χ0) is 27.3. The number of nitrogens with zero attached hydrogens (tertiary/aromatic N) is 1. The number of H-pyrrole nitrogens is 1. The SMILES string of the molecule is CC1(C)c2cc(-c3ccc4c(c3)c3ccccc3n4-c3ccccc3)ccc2-c2cc3c(cc21)[nH]c1ccccc13. The molecule has 2 heteroatoms. The second-order valence-electron chi connectivity index (χ2n) is 11.9. The number of rotatable bonds is 2. The van der Waals surface area contributed by atoms with Gasteiger partial charge in [-0.05, 0) is 88.0 Å². The van der Waals surface area contributed by atoms with Crippen LogP contribution in [-0.4, -0.2) is 9.55 Å². The molecular weight excluding hydrogens is 496 g/mol. The van der Waals surface area contributed by atoms with Gasteiger partial charge in [0.15, 0.2) is 0 Å². The van der Waals surface area contributed by atoms with Crippen molar-refractivity contribution >= 4 is 43.6 Å². The van der Waals surface area contributed by atoms with Crippen LogP contribution >= 0.6 is 0 Å². The van der Waals surface area contributed by atoms with Crippen LogP contribution in [0, 0.1) is 0 Å². The second kappa shape index (κ2) is 7.99. The zero-order valence-electron chi connectivity index (χ0n) is 23.1. The van der Waals surface area contributed by atoms with E-state index in [9.17, 15) is 0 Å². The van der Waals surface area contributed by atoms with Crippen LogP contribution in [0.5, 0.6) is 0 Å². The number of fused-ring (bicyclic) bond motifs is 9. The van der Waals surface area contributed by atoms with E-state index in [1.165, 1.54) is 82.7 Å². The fraction of sp³-hybridized carbons (Fsp3) is 0.0769. The molecule has 0 atom stereocenters. The van der Waals surface area contributed by atoms with E-state index in [-0.39, 0.29) is 5.41 Å². The summed E-state index contributed by atoms with van der Waals surface area (Å²) in [5.74, 6) is 0. The molecule has 0 saturated heterocycles. The van der Waals surface area contributed by atoms with E-state index in [4.69, 9.17) is 0 Å². The molecule has 6 aromatic carbocycles. The predicted molar refractivity (Wildman–Crippen MR) is 173 cm³/mol. The first-order chi connectivity index (χ1) is 20.1. The Labute approximate surface area is 238 Å². The van der Waals surface area contributed by atoms with Crippen LogP contribution in [0.25, 0.3) is 71.6 Å². The maximum Gasteiger partial charge on any atom is 0.0541 e. The largest absolute Gasteiger partial charge is 0.355 e. The maximum absolute atomic E-state index is 3.65. The predicted octanol–water partition coefficient (Wildman–Crippen LogP) is 10.4. The van der Waals surface area contributed by atoms with Gasteiger partial charge in [-0.3, -0.25) is 0 Å². The quantitative estimate of drug-likeness (QED) is 0.232. The lowest BCUT2D eigenvalue weighted by molar-refractivity contribution is 0.661. The highest BCUT2D eigenvalue weighted by molar-refractivity contribution is 6.11. The molecule has 2 nitrogen and oxygen atoms in total. The van der Waals surface area contributed by atoms with Gasteiger partial charge in [0, 0.05) is 43.7 Å². The summed E-state index contributed by atoms with van der Waals surface area (Å²) in [5, 5.41) is 5.15. The lowest BCUT2D eigenvalue weighted by atomic mass is 9.81. The van der Waals surface area contributed by atoms with E-state index in [0.717, 1.165) is 0 Å². The first kappa shape index (κ1) is 22.7. The molecule has 0 unspecified atom stereocenters. The third kappa shape index (κ3) is 3.08. The highest BCUT2D eigenvalue weighted by atomic mass is 15.0. The average molecular weight is 525 g/mol.